The van der Waals surface area contributed by atoms with Gasteiger partial charge in [-0.15, -0.1) is 12.4 Å². The topological polar surface area (TPSA) is 32.7 Å². The maximum absolute atomic E-state index is 12.7. The molecular formula is C15H23ClFNO2. The largest absolute Gasteiger partial charge is 0.491 e. The summed E-state index contributed by atoms with van der Waals surface area (Å²) in [5.74, 6) is 1.10. The third kappa shape index (κ3) is 5.65. The first kappa shape index (κ1) is 17.2. The van der Waals surface area contributed by atoms with Crippen LogP contribution in [0.1, 0.15) is 19.8 Å². The van der Waals surface area contributed by atoms with Crippen LogP contribution >= 0.6 is 12.4 Å². The van der Waals surface area contributed by atoms with Crippen LogP contribution in [0.15, 0.2) is 24.3 Å². The van der Waals surface area contributed by atoms with Crippen molar-refractivity contribution in [2.45, 2.75) is 25.9 Å². The molecule has 1 N–H and O–H groups in total. The number of likely N-dealkylation sites (tertiary alicyclic amines) is 1. The maximum atomic E-state index is 12.7. The van der Waals surface area contributed by atoms with Crippen LogP contribution < -0.4 is 4.74 Å². The number of halogens is 2. The van der Waals surface area contributed by atoms with Gasteiger partial charge >= 0.3 is 0 Å². The lowest BCUT2D eigenvalue weighted by molar-refractivity contribution is 0.0563. The maximum Gasteiger partial charge on any atom is 0.123 e. The zero-order valence-corrected chi connectivity index (χ0v) is 12.6. The van der Waals surface area contributed by atoms with Crippen LogP contribution in [0.5, 0.6) is 5.75 Å². The lowest BCUT2D eigenvalue weighted by atomic mass is 9.99. The van der Waals surface area contributed by atoms with Crippen LogP contribution in [0, 0.1) is 11.7 Å². The first-order valence-electron chi connectivity index (χ1n) is 6.92. The van der Waals surface area contributed by atoms with Crippen molar-refractivity contribution in [3.8, 4) is 5.75 Å². The fourth-order valence-electron chi connectivity index (χ4n) is 2.32. The Kier molecular flexibility index (Phi) is 7.27. The van der Waals surface area contributed by atoms with E-state index in [1.807, 2.05) is 0 Å². The van der Waals surface area contributed by atoms with Crippen molar-refractivity contribution in [1.82, 2.24) is 4.90 Å². The number of rotatable bonds is 5. The van der Waals surface area contributed by atoms with Crippen molar-refractivity contribution in [1.29, 1.82) is 0 Å². The molecule has 0 aromatic heterocycles. The second-order valence-electron chi connectivity index (χ2n) is 5.40. The fraction of sp³-hybridized carbons (Fsp3) is 0.600. The van der Waals surface area contributed by atoms with Crippen molar-refractivity contribution < 1.29 is 14.2 Å². The van der Waals surface area contributed by atoms with Crippen molar-refractivity contribution in [2.75, 3.05) is 26.2 Å². The smallest absolute Gasteiger partial charge is 0.123 e. The summed E-state index contributed by atoms with van der Waals surface area (Å²) < 4.78 is 18.2. The normalized spacial score (nSPS) is 18.4. The molecule has 1 heterocycles. The zero-order chi connectivity index (χ0) is 13.7. The van der Waals surface area contributed by atoms with Gasteiger partial charge in [0.1, 0.15) is 24.3 Å². The molecule has 0 spiro atoms. The van der Waals surface area contributed by atoms with Crippen molar-refractivity contribution in [3.05, 3.63) is 30.1 Å². The average Bonchev–Trinajstić information content (AvgIpc) is 2.41. The number of aliphatic hydroxyl groups is 1. The highest BCUT2D eigenvalue weighted by molar-refractivity contribution is 5.85. The summed E-state index contributed by atoms with van der Waals surface area (Å²) in [5.41, 5.74) is 0. The van der Waals surface area contributed by atoms with Crippen molar-refractivity contribution >= 4 is 12.4 Å². The molecule has 1 aliphatic rings. The Morgan fingerprint density at radius 1 is 1.30 bits per heavy atom. The highest BCUT2D eigenvalue weighted by Gasteiger charge is 2.18. The molecule has 0 radical (unpaired) electrons. The average molecular weight is 304 g/mol. The summed E-state index contributed by atoms with van der Waals surface area (Å²) in [4.78, 5) is 2.28. The van der Waals surface area contributed by atoms with E-state index in [0.29, 0.717) is 12.3 Å². The van der Waals surface area contributed by atoms with Gasteiger partial charge in [-0.25, -0.2) is 4.39 Å². The molecule has 1 fully saturated rings. The Bertz CT molecular complexity index is 380. The third-order valence-corrected chi connectivity index (χ3v) is 3.60. The molecular weight excluding hydrogens is 281 g/mol. The van der Waals surface area contributed by atoms with Gasteiger partial charge in [-0.3, -0.25) is 0 Å². The van der Waals surface area contributed by atoms with Gasteiger partial charge in [0.2, 0.25) is 0 Å². The van der Waals surface area contributed by atoms with Gasteiger partial charge in [-0.05, 0) is 56.1 Å². The molecule has 0 bridgehead atoms. The van der Waals surface area contributed by atoms with Crippen LogP contribution in [0.25, 0.3) is 0 Å². The number of benzene rings is 1. The van der Waals surface area contributed by atoms with Crippen LogP contribution in [0.3, 0.4) is 0 Å². The summed E-state index contributed by atoms with van der Waals surface area (Å²) in [6.45, 7) is 5.26. The van der Waals surface area contributed by atoms with E-state index in [2.05, 4.69) is 11.8 Å². The van der Waals surface area contributed by atoms with E-state index in [1.165, 1.54) is 25.0 Å². The summed E-state index contributed by atoms with van der Waals surface area (Å²) in [6, 6.07) is 5.86. The van der Waals surface area contributed by atoms with E-state index in [9.17, 15) is 9.50 Å². The molecule has 1 atom stereocenters. The summed E-state index contributed by atoms with van der Waals surface area (Å²) >= 11 is 0. The first-order chi connectivity index (χ1) is 9.13. The van der Waals surface area contributed by atoms with E-state index in [0.717, 1.165) is 19.0 Å². The van der Waals surface area contributed by atoms with Crippen LogP contribution in [0.4, 0.5) is 4.39 Å². The van der Waals surface area contributed by atoms with Crippen LogP contribution in [-0.4, -0.2) is 42.4 Å². The summed E-state index contributed by atoms with van der Waals surface area (Å²) in [5, 5.41) is 9.94. The van der Waals surface area contributed by atoms with Gasteiger partial charge < -0.3 is 14.7 Å². The number of hydrogen-bond acceptors (Lipinski definition) is 3. The van der Waals surface area contributed by atoms with Gasteiger partial charge in [-0.2, -0.15) is 0 Å². The molecule has 3 nitrogen and oxygen atoms in total. The van der Waals surface area contributed by atoms with E-state index in [4.69, 9.17) is 4.74 Å². The van der Waals surface area contributed by atoms with Crippen LogP contribution in [0.2, 0.25) is 0 Å². The Morgan fingerprint density at radius 2 is 1.90 bits per heavy atom. The summed E-state index contributed by atoms with van der Waals surface area (Å²) in [6.07, 6.45) is 1.90. The van der Waals surface area contributed by atoms with E-state index in [-0.39, 0.29) is 24.8 Å². The number of ether oxygens (including phenoxy) is 1. The SMILES string of the molecule is CC1CCN(CC(O)COc2ccc(F)cc2)CC1.Cl. The Labute approximate surface area is 126 Å². The van der Waals surface area contributed by atoms with E-state index >= 15 is 0 Å². The van der Waals surface area contributed by atoms with Crippen LogP contribution in [-0.2, 0) is 0 Å². The molecule has 0 aliphatic carbocycles. The number of aliphatic hydroxyl groups excluding tert-OH is 1. The minimum absolute atomic E-state index is 0. The highest BCUT2D eigenvalue weighted by Crippen LogP contribution is 2.16. The number of hydrogen-bond donors (Lipinski definition) is 1. The molecule has 1 aliphatic heterocycles. The highest BCUT2D eigenvalue weighted by atomic mass is 35.5. The van der Waals surface area contributed by atoms with Gasteiger partial charge in [-0.1, -0.05) is 6.92 Å². The first-order valence-corrected chi connectivity index (χ1v) is 6.92. The van der Waals surface area contributed by atoms with Gasteiger partial charge in [0, 0.05) is 6.54 Å². The monoisotopic (exact) mass is 303 g/mol. The Hall–Kier alpha value is -0.840. The Balaban J connectivity index is 0.00000200. The second-order valence-corrected chi connectivity index (χ2v) is 5.40. The van der Waals surface area contributed by atoms with Gasteiger partial charge in [0.05, 0.1) is 0 Å². The number of piperidine rings is 1. The fourth-order valence-corrected chi connectivity index (χ4v) is 2.32. The van der Waals surface area contributed by atoms with Crippen molar-refractivity contribution in [3.63, 3.8) is 0 Å². The molecule has 0 saturated carbocycles. The quantitative estimate of drug-likeness (QED) is 0.908. The molecule has 1 aromatic rings. The number of nitrogens with zero attached hydrogens (tertiary/aromatic N) is 1. The van der Waals surface area contributed by atoms with Crippen molar-refractivity contribution in [2.24, 2.45) is 5.92 Å². The summed E-state index contributed by atoms with van der Waals surface area (Å²) in [7, 11) is 0. The minimum Gasteiger partial charge on any atom is -0.491 e. The molecule has 114 valence electrons. The standard InChI is InChI=1S/C15H22FNO2.ClH/c1-12-6-8-17(9-7-12)10-14(18)11-19-15-4-2-13(16)3-5-15;/h2-5,12,14,18H,6-11H2,1H3;1H. The minimum atomic E-state index is -0.501. The third-order valence-electron chi connectivity index (χ3n) is 3.60. The predicted molar refractivity (Wildman–Crippen MR) is 80.0 cm³/mol. The molecule has 20 heavy (non-hydrogen) atoms. The zero-order valence-electron chi connectivity index (χ0n) is 11.8. The number of β-amino-alcohol motifs (C(OH)–C–C–N with tert-alkyl or cyclic N) is 1. The molecule has 0 amide bonds. The molecule has 1 saturated heterocycles. The molecule has 5 heteroatoms. The predicted octanol–water partition coefficient (Wildman–Crippen LogP) is 2.72. The molecule has 2 rings (SSSR count). The van der Waals surface area contributed by atoms with Gasteiger partial charge in [0.15, 0.2) is 0 Å². The van der Waals surface area contributed by atoms with E-state index in [1.54, 1.807) is 12.1 Å². The Morgan fingerprint density at radius 3 is 2.50 bits per heavy atom. The molecule has 1 aromatic carbocycles. The van der Waals surface area contributed by atoms with Gasteiger partial charge in [0.25, 0.3) is 0 Å². The lowest BCUT2D eigenvalue weighted by Gasteiger charge is -2.31. The molecule has 1 unspecified atom stereocenters. The second kappa shape index (κ2) is 8.45. The van der Waals surface area contributed by atoms with E-state index < -0.39 is 6.10 Å². The lowest BCUT2D eigenvalue weighted by Crippen LogP contribution is -2.40.